The van der Waals surface area contributed by atoms with E-state index in [0.717, 1.165) is 11.4 Å². The SMILES string of the molecule is C.CNc1ccccc1N.O. The number of hydrogen-bond acceptors (Lipinski definition) is 2. The number of rotatable bonds is 1. The van der Waals surface area contributed by atoms with Crippen LogP contribution in [0.15, 0.2) is 24.3 Å². The van der Waals surface area contributed by atoms with Crippen molar-refractivity contribution in [1.82, 2.24) is 0 Å². The van der Waals surface area contributed by atoms with Crippen LogP contribution in [-0.2, 0) is 0 Å². The number of nitrogen functional groups attached to an aromatic ring is 1. The quantitative estimate of drug-likeness (QED) is 0.598. The molecule has 0 saturated heterocycles. The minimum atomic E-state index is 0. The lowest BCUT2D eigenvalue weighted by atomic mass is 10.3. The Morgan fingerprint density at radius 1 is 1.27 bits per heavy atom. The lowest BCUT2D eigenvalue weighted by molar-refractivity contribution is 0.824. The first-order chi connectivity index (χ1) is 4.34. The second kappa shape index (κ2) is 5.56. The number of anilines is 2. The molecule has 64 valence electrons. The average molecular weight is 156 g/mol. The van der Waals surface area contributed by atoms with Crippen molar-refractivity contribution in [2.75, 3.05) is 18.1 Å². The number of para-hydroxylation sites is 2. The van der Waals surface area contributed by atoms with Crippen molar-refractivity contribution >= 4 is 11.4 Å². The fourth-order valence-electron chi connectivity index (χ4n) is 0.725. The third-order valence-electron chi connectivity index (χ3n) is 1.23. The highest BCUT2D eigenvalue weighted by atomic mass is 16.0. The van der Waals surface area contributed by atoms with Crippen LogP contribution in [0.5, 0.6) is 0 Å². The summed E-state index contributed by atoms with van der Waals surface area (Å²) < 4.78 is 0. The van der Waals surface area contributed by atoms with Crippen LogP contribution in [-0.4, -0.2) is 12.5 Å². The van der Waals surface area contributed by atoms with E-state index in [4.69, 9.17) is 5.73 Å². The molecule has 3 heteroatoms. The summed E-state index contributed by atoms with van der Waals surface area (Å²) in [4.78, 5) is 0. The summed E-state index contributed by atoms with van der Waals surface area (Å²) in [6.45, 7) is 0. The van der Waals surface area contributed by atoms with E-state index in [-0.39, 0.29) is 12.9 Å². The molecular formula is C8H16N2O. The number of nitrogens with two attached hydrogens (primary N) is 1. The molecule has 0 saturated carbocycles. The Hall–Kier alpha value is -1.22. The molecule has 0 atom stereocenters. The smallest absolute Gasteiger partial charge is 0.0571 e. The van der Waals surface area contributed by atoms with Gasteiger partial charge in [-0.05, 0) is 12.1 Å². The van der Waals surface area contributed by atoms with Crippen LogP contribution in [0, 0.1) is 0 Å². The third-order valence-corrected chi connectivity index (χ3v) is 1.23. The van der Waals surface area contributed by atoms with Gasteiger partial charge in [-0.2, -0.15) is 0 Å². The summed E-state index contributed by atoms with van der Waals surface area (Å²) in [5.41, 5.74) is 7.34. The fourth-order valence-corrected chi connectivity index (χ4v) is 0.725. The van der Waals surface area contributed by atoms with Gasteiger partial charge in [0.15, 0.2) is 0 Å². The van der Waals surface area contributed by atoms with E-state index in [0.29, 0.717) is 0 Å². The topological polar surface area (TPSA) is 69.5 Å². The maximum Gasteiger partial charge on any atom is 0.0571 e. The minimum absolute atomic E-state index is 0. The highest BCUT2D eigenvalue weighted by Gasteiger charge is 1.89. The van der Waals surface area contributed by atoms with E-state index in [1.54, 1.807) is 0 Å². The van der Waals surface area contributed by atoms with Gasteiger partial charge in [0.2, 0.25) is 0 Å². The van der Waals surface area contributed by atoms with E-state index in [2.05, 4.69) is 5.32 Å². The second-order valence-electron chi connectivity index (χ2n) is 1.84. The molecule has 0 spiro atoms. The van der Waals surface area contributed by atoms with Crippen molar-refractivity contribution < 1.29 is 5.48 Å². The van der Waals surface area contributed by atoms with E-state index in [9.17, 15) is 0 Å². The molecule has 0 unspecified atom stereocenters. The van der Waals surface area contributed by atoms with Gasteiger partial charge in [-0.15, -0.1) is 0 Å². The van der Waals surface area contributed by atoms with Gasteiger partial charge in [0.05, 0.1) is 11.4 Å². The van der Waals surface area contributed by atoms with Crippen molar-refractivity contribution in [2.24, 2.45) is 0 Å². The Bertz CT molecular complexity index is 201. The first-order valence-corrected chi connectivity index (χ1v) is 2.87. The van der Waals surface area contributed by atoms with Crippen molar-refractivity contribution in [1.29, 1.82) is 0 Å². The zero-order valence-electron chi connectivity index (χ0n) is 5.89. The molecular weight excluding hydrogens is 140 g/mol. The Kier molecular flexibility index (Phi) is 6.29. The molecule has 0 aliphatic rings. The summed E-state index contributed by atoms with van der Waals surface area (Å²) in [5, 5.41) is 2.97. The van der Waals surface area contributed by atoms with Gasteiger partial charge in [0.1, 0.15) is 0 Å². The maximum atomic E-state index is 5.57. The van der Waals surface area contributed by atoms with E-state index >= 15 is 0 Å². The van der Waals surface area contributed by atoms with E-state index in [1.807, 2.05) is 31.3 Å². The molecule has 0 aliphatic carbocycles. The molecule has 0 aliphatic heterocycles. The summed E-state index contributed by atoms with van der Waals surface area (Å²) in [6.07, 6.45) is 0. The molecule has 0 heterocycles. The molecule has 1 rings (SSSR count). The number of hydrogen-bond donors (Lipinski definition) is 2. The van der Waals surface area contributed by atoms with Crippen molar-refractivity contribution in [3.63, 3.8) is 0 Å². The van der Waals surface area contributed by atoms with E-state index in [1.165, 1.54) is 0 Å². The van der Waals surface area contributed by atoms with Gasteiger partial charge in [-0.1, -0.05) is 19.6 Å². The van der Waals surface area contributed by atoms with Gasteiger partial charge >= 0.3 is 0 Å². The lowest BCUT2D eigenvalue weighted by Crippen LogP contribution is -1.93. The molecule has 0 amide bonds. The molecule has 1 aromatic rings. The molecule has 0 aromatic heterocycles. The predicted octanol–water partition coefficient (Wildman–Crippen LogP) is 1.12. The monoisotopic (exact) mass is 156 g/mol. The normalized spacial score (nSPS) is 7.36. The van der Waals surface area contributed by atoms with Crippen LogP contribution in [0.1, 0.15) is 7.43 Å². The van der Waals surface area contributed by atoms with Crippen LogP contribution < -0.4 is 11.1 Å². The largest absolute Gasteiger partial charge is 0.412 e. The molecule has 0 radical (unpaired) electrons. The van der Waals surface area contributed by atoms with Gasteiger partial charge in [-0.25, -0.2) is 0 Å². The molecule has 3 nitrogen and oxygen atoms in total. The molecule has 11 heavy (non-hydrogen) atoms. The van der Waals surface area contributed by atoms with Crippen molar-refractivity contribution in [2.45, 2.75) is 7.43 Å². The predicted molar refractivity (Wildman–Crippen MR) is 50.7 cm³/mol. The third kappa shape index (κ3) is 2.91. The summed E-state index contributed by atoms with van der Waals surface area (Å²) in [6, 6.07) is 7.67. The Morgan fingerprint density at radius 3 is 2.18 bits per heavy atom. The van der Waals surface area contributed by atoms with Gasteiger partial charge < -0.3 is 16.5 Å². The standard InChI is InChI=1S/C7H10N2.CH4.H2O/c1-9-7-5-3-2-4-6(7)8;;/h2-5,9H,8H2,1H3;1H4;1H2. The average Bonchev–Trinajstić information content (AvgIpc) is 1.89. The van der Waals surface area contributed by atoms with Gasteiger partial charge in [0.25, 0.3) is 0 Å². The second-order valence-corrected chi connectivity index (χ2v) is 1.84. The zero-order chi connectivity index (χ0) is 6.69. The highest BCUT2D eigenvalue weighted by Crippen LogP contribution is 2.14. The zero-order valence-corrected chi connectivity index (χ0v) is 5.89. The first-order valence-electron chi connectivity index (χ1n) is 2.87. The molecule has 0 fully saturated rings. The first kappa shape index (κ1) is 12.5. The summed E-state index contributed by atoms with van der Waals surface area (Å²) in [5.74, 6) is 0. The summed E-state index contributed by atoms with van der Waals surface area (Å²) in [7, 11) is 1.85. The van der Waals surface area contributed by atoms with Gasteiger partial charge in [-0.3, -0.25) is 0 Å². The van der Waals surface area contributed by atoms with Crippen molar-refractivity contribution in [3.8, 4) is 0 Å². The van der Waals surface area contributed by atoms with E-state index < -0.39 is 0 Å². The van der Waals surface area contributed by atoms with Crippen LogP contribution >= 0.6 is 0 Å². The Balaban J connectivity index is 0. The van der Waals surface area contributed by atoms with Crippen LogP contribution in [0.4, 0.5) is 11.4 Å². The van der Waals surface area contributed by atoms with Crippen molar-refractivity contribution in [3.05, 3.63) is 24.3 Å². The number of benzene rings is 1. The minimum Gasteiger partial charge on any atom is -0.412 e. The van der Waals surface area contributed by atoms with Gasteiger partial charge in [0, 0.05) is 7.05 Å². The lowest BCUT2D eigenvalue weighted by Gasteiger charge is -2.01. The molecule has 5 N–H and O–H groups in total. The van der Waals surface area contributed by atoms with Crippen LogP contribution in [0.3, 0.4) is 0 Å². The molecule has 1 aromatic carbocycles. The Labute approximate surface area is 67.5 Å². The van der Waals surface area contributed by atoms with Crippen LogP contribution in [0.2, 0.25) is 0 Å². The fraction of sp³-hybridized carbons (Fsp3) is 0.250. The summed E-state index contributed by atoms with van der Waals surface area (Å²) >= 11 is 0. The Morgan fingerprint density at radius 2 is 1.82 bits per heavy atom. The highest BCUT2D eigenvalue weighted by molar-refractivity contribution is 5.65. The number of nitrogens with one attached hydrogen (secondary N) is 1. The maximum absolute atomic E-state index is 5.57. The van der Waals surface area contributed by atoms with Crippen LogP contribution in [0.25, 0.3) is 0 Å². The molecule has 0 bridgehead atoms.